The molecule has 0 spiro atoms. The summed E-state index contributed by atoms with van der Waals surface area (Å²) in [6, 6.07) is 52.7. The maximum Gasteiger partial charge on any atom is 0.106 e. The standard InChI is InChI=1S/C39H37NOP.Pd/c1-29-26-27-30(28-29)37-39(31-16-6-2-7-17-31,32-18-8-3-9-19-32)41-38(40-37)35-24-14-15-25-36(35)42(33-20-10-4-11-21-33)34-22-12-5-13-23-34;/h2-25,29-30,37-38H,26-28H2,1H3;/q-1;/p+1/t29-,30?,37-,38-;/m0./s1. The van der Waals surface area contributed by atoms with Crippen molar-refractivity contribution in [1.82, 2.24) is 0 Å². The molecule has 43 heavy (non-hydrogen) atoms. The van der Waals surface area contributed by atoms with Gasteiger partial charge in [-0.25, -0.2) is 0 Å². The van der Waals surface area contributed by atoms with Crippen LogP contribution in [0.25, 0.3) is 5.32 Å². The monoisotopic (exact) mass is 673 g/mol. The van der Waals surface area contributed by atoms with E-state index in [9.17, 15) is 0 Å². The Morgan fingerprint density at radius 3 is 1.63 bits per heavy atom. The summed E-state index contributed by atoms with van der Waals surface area (Å²) in [7, 11) is -1.29. The van der Waals surface area contributed by atoms with Crippen LogP contribution < -0.4 is 15.9 Å². The molecule has 4 heteroatoms. The molecule has 5 aromatic carbocycles. The second-order valence-corrected chi connectivity index (χ2v) is 14.3. The maximum atomic E-state index is 7.48. The number of nitrogens with zero attached hydrogens (tertiary/aromatic N) is 1. The zero-order valence-electron chi connectivity index (χ0n) is 24.5. The van der Waals surface area contributed by atoms with Crippen molar-refractivity contribution in [3.8, 4) is 0 Å². The second kappa shape index (κ2) is 13.4. The average molecular weight is 674 g/mol. The van der Waals surface area contributed by atoms with E-state index in [0.717, 1.165) is 0 Å². The van der Waals surface area contributed by atoms with Gasteiger partial charge in [0.25, 0.3) is 0 Å². The van der Waals surface area contributed by atoms with E-state index in [0.29, 0.717) is 11.8 Å². The molecule has 220 valence electrons. The Bertz CT molecular complexity index is 1520. The molecule has 1 saturated carbocycles. The van der Waals surface area contributed by atoms with Crippen molar-refractivity contribution in [2.24, 2.45) is 11.8 Å². The molecule has 4 atom stereocenters. The molecule has 0 radical (unpaired) electrons. The molecule has 7 rings (SSSR count). The summed E-state index contributed by atoms with van der Waals surface area (Å²) >= 11 is 0. The molecule has 2 aliphatic rings. The van der Waals surface area contributed by atoms with Gasteiger partial charge in [-0.2, -0.15) is 0 Å². The first-order chi connectivity index (χ1) is 20.7. The molecule has 2 nitrogen and oxygen atoms in total. The Hall–Kier alpha value is -2.89. The average Bonchev–Trinajstić information content (AvgIpc) is 3.68. The zero-order chi connectivity index (χ0) is 28.4. The van der Waals surface area contributed by atoms with Gasteiger partial charge in [0.05, 0.1) is 7.92 Å². The normalized spacial score (nSPS) is 22.7. The first-order valence-corrected chi connectivity index (χ1v) is 16.8. The van der Waals surface area contributed by atoms with Crippen molar-refractivity contribution in [3.63, 3.8) is 0 Å². The third kappa shape index (κ3) is 5.83. The maximum absolute atomic E-state index is 7.48. The van der Waals surface area contributed by atoms with Crippen molar-refractivity contribution in [2.45, 2.75) is 44.1 Å². The van der Waals surface area contributed by atoms with Crippen LogP contribution >= 0.6 is 7.92 Å². The van der Waals surface area contributed by atoms with E-state index in [1.807, 2.05) is 0 Å². The Balaban J connectivity index is 0.00000329. The molecule has 1 aliphatic carbocycles. The van der Waals surface area contributed by atoms with E-state index in [1.165, 1.54) is 51.9 Å². The van der Waals surface area contributed by atoms with Gasteiger partial charge in [-0.3, -0.25) is 0 Å². The number of hydrogen-bond acceptors (Lipinski definition) is 1. The first-order valence-electron chi connectivity index (χ1n) is 15.3. The second-order valence-electron chi connectivity index (χ2n) is 11.9. The summed E-state index contributed by atoms with van der Waals surface area (Å²) in [5.41, 5.74) is 2.95. The van der Waals surface area contributed by atoms with Crippen LogP contribution in [-0.4, -0.2) is 6.04 Å². The molecule has 1 heterocycles. The Kier molecular flexibility index (Phi) is 9.40. The summed E-state index contributed by atoms with van der Waals surface area (Å²) in [6.45, 7) is 2.39. The Morgan fingerprint density at radius 2 is 1.12 bits per heavy atom. The van der Waals surface area contributed by atoms with Gasteiger partial charge >= 0.3 is 0 Å². The molecule has 0 N–H and O–H groups in total. The first kappa shape index (κ1) is 30.2. The third-order valence-corrected chi connectivity index (χ3v) is 12.0. The van der Waals surface area contributed by atoms with E-state index < -0.39 is 13.5 Å². The third-order valence-electron chi connectivity index (χ3n) is 9.22. The molecule has 1 saturated heterocycles. The molecular weight excluding hydrogens is 636 g/mol. The molecule has 1 aliphatic heterocycles. The van der Waals surface area contributed by atoms with Gasteiger partial charge in [-0.1, -0.05) is 147 Å². The molecule has 0 aromatic heterocycles. The fraction of sp³-hybridized carbons (Fsp3) is 0.231. The summed E-state index contributed by atoms with van der Waals surface area (Å²) in [6.07, 6.45) is 3.29. The summed E-state index contributed by atoms with van der Waals surface area (Å²) in [5.74, 6) is 1.19. The van der Waals surface area contributed by atoms with E-state index in [2.05, 4.69) is 153 Å². The van der Waals surface area contributed by atoms with Crippen LogP contribution in [0, 0.1) is 11.8 Å². The summed E-state index contributed by atoms with van der Waals surface area (Å²) in [5, 5.41) is 9.80. The smallest absolute Gasteiger partial charge is 0.106 e. The fourth-order valence-electron chi connectivity index (χ4n) is 7.31. The SMILES string of the molecule is C[C@H]1CCC([C@@H]2[N-][C@H](c3ccccc3[PH+](c3ccccc3)c3ccccc3)OC2(c2ccccc2)c2ccccc2)C1.[Pd]. The topological polar surface area (TPSA) is 23.3 Å². The van der Waals surface area contributed by atoms with Gasteiger partial charge < -0.3 is 10.1 Å². The molecular formula is C39H38NOPPd. The van der Waals surface area contributed by atoms with Crippen molar-refractivity contribution in [3.05, 3.63) is 168 Å². The van der Waals surface area contributed by atoms with Crippen molar-refractivity contribution >= 4 is 23.8 Å². The van der Waals surface area contributed by atoms with Crippen molar-refractivity contribution < 1.29 is 25.2 Å². The van der Waals surface area contributed by atoms with Crippen LogP contribution in [0.1, 0.15) is 49.1 Å². The predicted molar refractivity (Wildman–Crippen MR) is 178 cm³/mol. The van der Waals surface area contributed by atoms with Crippen molar-refractivity contribution in [2.75, 3.05) is 0 Å². The minimum absolute atomic E-state index is 0. The van der Waals surface area contributed by atoms with Gasteiger partial charge in [0.1, 0.15) is 21.5 Å². The number of benzene rings is 5. The fourth-order valence-corrected chi connectivity index (χ4v) is 10.1. The Morgan fingerprint density at radius 1 is 0.628 bits per heavy atom. The van der Waals surface area contributed by atoms with Crippen LogP contribution in [0.3, 0.4) is 0 Å². The molecule has 2 fully saturated rings. The van der Waals surface area contributed by atoms with E-state index in [-0.39, 0.29) is 32.7 Å². The molecule has 5 aromatic rings. The van der Waals surface area contributed by atoms with E-state index in [4.69, 9.17) is 10.1 Å². The van der Waals surface area contributed by atoms with Crippen LogP contribution in [0.2, 0.25) is 0 Å². The van der Waals surface area contributed by atoms with Gasteiger partial charge in [0, 0.05) is 32.2 Å². The van der Waals surface area contributed by atoms with Crippen LogP contribution in [-0.2, 0) is 30.8 Å². The molecule has 1 unspecified atom stereocenters. The quantitative estimate of drug-likeness (QED) is 0.126. The summed E-state index contributed by atoms with van der Waals surface area (Å²) < 4.78 is 7.48. The minimum atomic E-state index is -1.29. The minimum Gasteiger partial charge on any atom is -0.627 e. The van der Waals surface area contributed by atoms with Gasteiger partial charge in [0.2, 0.25) is 0 Å². The number of ether oxygens (including phenoxy) is 1. The van der Waals surface area contributed by atoms with Crippen LogP contribution in [0.15, 0.2) is 146 Å². The van der Waals surface area contributed by atoms with Gasteiger partial charge in [-0.15, -0.1) is 0 Å². The van der Waals surface area contributed by atoms with E-state index >= 15 is 0 Å². The zero-order valence-corrected chi connectivity index (χ0v) is 27.0. The number of hydrogen-bond donors (Lipinski definition) is 0. The van der Waals surface area contributed by atoms with Gasteiger partial charge in [0.15, 0.2) is 0 Å². The van der Waals surface area contributed by atoms with Crippen LogP contribution in [0.5, 0.6) is 0 Å². The molecule has 0 amide bonds. The largest absolute Gasteiger partial charge is 0.627 e. The summed E-state index contributed by atoms with van der Waals surface area (Å²) in [4.78, 5) is 0. The Labute approximate surface area is 271 Å². The van der Waals surface area contributed by atoms with E-state index in [1.54, 1.807) is 0 Å². The molecule has 0 bridgehead atoms. The van der Waals surface area contributed by atoms with Gasteiger partial charge in [-0.05, 0) is 53.8 Å². The predicted octanol–water partition coefficient (Wildman–Crippen LogP) is 8.33. The number of rotatable bonds is 7. The van der Waals surface area contributed by atoms with Crippen molar-refractivity contribution in [1.29, 1.82) is 0 Å². The van der Waals surface area contributed by atoms with Crippen LogP contribution in [0.4, 0.5) is 0 Å².